The van der Waals surface area contributed by atoms with E-state index in [-0.39, 0.29) is 18.1 Å². The summed E-state index contributed by atoms with van der Waals surface area (Å²) < 4.78 is 11.6. The van der Waals surface area contributed by atoms with Crippen LogP contribution in [0.15, 0.2) is 65.9 Å². The number of benzene rings is 2. The molecule has 2 N–H and O–H groups in total. The fraction of sp³-hybridized carbons (Fsp3) is 0.333. The third-order valence-corrected chi connectivity index (χ3v) is 5.50. The van der Waals surface area contributed by atoms with E-state index in [1.54, 1.807) is 6.92 Å². The van der Waals surface area contributed by atoms with Gasteiger partial charge in [0.1, 0.15) is 18.5 Å². The molecule has 0 radical (unpaired) electrons. The van der Waals surface area contributed by atoms with Crippen molar-refractivity contribution in [3.8, 4) is 5.75 Å². The van der Waals surface area contributed by atoms with Gasteiger partial charge < -0.3 is 20.1 Å². The molecule has 0 aromatic heterocycles. The lowest BCUT2D eigenvalue weighted by atomic mass is 9.95. The molecule has 1 aliphatic heterocycles. The van der Waals surface area contributed by atoms with Crippen LogP contribution in [0.3, 0.4) is 0 Å². The first-order chi connectivity index (χ1) is 14.6. The van der Waals surface area contributed by atoms with Gasteiger partial charge in [-0.1, -0.05) is 42.5 Å². The number of allylic oxidation sites excluding steroid dienone is 1. The largest absolute Gasteiger partial charge is 0.489 e. The Morgan fingerprint density at radius 3 is 2.60 bits per heavy atom. The molecule has 2 aromatic rings. The van der Waals surface area contributed by atoms with Crippen molar-refractivity contribution in [1.29, 1.82) is 0 Å². The van der Waals surface area contributed by atoms with Crippen LogP contribution in [0.4, 0.5) is 4.79 Å². The van der Waals surface area contributed by atoms with Gasteiger partial charge in [-0.15, -0.1) is 0 Å². The quantitative estimate of drug-likeness (QED) is 0.698. The molecule has 6 nitrogen and oxygen atoms in total. The molecule has 1 saturated carbocycles. The minimum atomic E-state index is -0.590. The van der Waals surface area contributed by atoms with Crippen molar-refractivity contribution in [2.75, 3.05) is 0 Å². The minimum absolute atomic E-state index is 0.0448. The van der Waals surface area contributed by atoms with Crippen molar-refractivity contribution < 1.29 is 19.1 Å². The number of ether oxygens (including phenoxy) is 2. The van der Waals surface area contributed by atoms with Crippen LogP contribution in [0.25, 0.3) is 0 Å². The number of urea groups is 1. The van der Waals surface area contributed by atoms with E-state index in [9.17, 15) is 9.59 Å². The highest BCUT2D eigenvalue weighted by atomic mass is 16.5. The van der Waals surface area contributed by atoms with Gasteiger partial charge >= 0.3 is 12.0 Å². The van der Waals surface area contributed by atoms with Crippen LogP contribution >= 0.6 is 0 Å². The molecular weight excluding hydrogens is 380 g/mol. The highest BCUT2D eigenvalue weighted by Gasteiger charge is 2.34. The molecule has 6 heteroatoms. The molecule has 2 aromatic carbocycles. The molecule has 1 unspecified atom stereocenters. The first-order valence-electron chi connectivity index (χ1n) is 10.4. The van der Waals surface area contributed by atoms with Gasteiger partial charge in [0.15, 0.2) is 0 Å². The Labute approximate surface area is 176 Å². The fourth-order valence-electron chi connectivity index (χ4n) is 3.96. The van der Waals surface area contributed by atoms with Crippen molar-refractivity contribution in [2.45, 2.75) is 51.4 Å². The summed E-state index contributed by atoms with van der Waals surface area (Å²) in [5, 5.41) is 5.55. The summed E-state index contributed by atoms with van der Waals surface area (Å²) in [7, 11) is 0. The molecule has 30 heavy (non-hydrogen) atoms. The van der Waals surface area contributed by atoms with Crippen molar-refractivity contribution in [2.24, 2.45) is 0 Å². The zero-order valence-corrected chi connectivity index (χ0v) is 17.0. The maximum absolute atomic E-state index is 12.9. The van der Waals surface area contributed by atoms with Crippen LogP contribution in [0, 0.1) is 0 Å². The first kappa shape index (κ1) is 20.0. The van der Waals surface area contributed by atoms with Crippen LogP contribution in [0.5, 0.6) is 5.75 Å². The summed E-state index contributed by atoms with van der Waals surface area (Å²) in [6.07, 6.45) is 3.90. The van der Waals surface area contributed by atoms with Crippen LogP contribution in [0.2, 0.25) is 0 Å². The molecule has 1 atom stereocenters. The van der Waals surface area contributed by atoms with Gasteiger partial charge in [-0.3, -0.25) is 0 Å². The molecule has 4 rings (SSSR count). The maximum Gasteiger partial charge on any atom is 0.338 e. The molecule has 0 bridgehead atoms. The second-order valence-electron chi connectivity index (χ2n) is 7.73. The van der Waals surface area contributed by atoms with Crippen LogP contribution in [-0.2, 0) is 16.1 Å². The Morgan fingerprint density at radius 2 is 1.83 bits per heavy atom. The van der Waals surface area contributed by atoms with E-state index in [0.717, 1.165) is 36.8 Å². The van der Waals surface area contributed by atoms with Crippen molar-refractivity contribution in [1.82, 2.24) is 10.6 Å². The van der Waals surface area contributed by atoms with Gasteiger partial charge in [-0.25, -0.2) is 9.59 Å². The van der Waals surface area contributed by atoms with Gasteiger partial charge in [-0.2, -0.15) is 0 Å². The number of esters is 1. The molecule has 1 aliphatic carbocycles. The van der Waals surface area contributed by atoms with Crippen LogP contribution in [-0.4, -0.2) is 18.1 Å². The van der Waals surface area contributed by atoms with Gasteiger partial charge in [0.25, 0.3) is 0 Å². The van der Waals surface area contributed by atoms with Gasteiger partial charge in [0.05, 0.1) is 11.6 Å². The second-order valence-corrected chi connectivity index (χ2v) is 7.73. The Hall–Kier alpha value is -3.28. The Kier molecular flexibility index (Phi) is 6.02. The second kappa shape index (κ2) is 9.03. The average Bonchev–Trinajstić information content (AvgIpc) is 3.25. The summed E-state index contributed by atoms with van der Waals surface area (Å²) in [5.74, 6) is 0.290. The summed E-state index contributed by atoms with van der Waals surface area (Å²) in [4.78, 5) is 25.1. The van der Waals surface area contributed by atoms with Gasteiger partial charge in [-0.05, 0) is 55.9 Å². The molecule has 2 aliphatic rings. The van der Waals surface area contributed by atoms with Crippen molar-refractivity contribution >= 4 is 12.0 Å². The predicted octanol–water partition coefficient (Wildman–Crippen LogP) is 4.38. The van der Waals surface area contributed by atoms with E-state index in [1.165, 1.54) is 0 Å². The maximum atomic E-state index is 12.9. The lowest BCUT2D eigenvalue weighted by Gasteiger charge is -2.29. The fourth-order valence-corrected chi connectivity index (χ4v) is 3.96. The molecule has 1 fully saturated rings. The molecule has 1 heterocycles. The number of amides is 2. The molecule has 0 spiro atoms. The Balaban J connectivity index is 1.54. The van der Waals surface area contributed by atoms with E-state index < -0.39 is 6.04 Å². The van der Waals surface area contributed by atoms with E-state index in [4.69, 9.17) is 9.47 Å². The van der Waals surface area contributed by atoms with E-state index >= 15 is 0 Å². The molecule has 156 valence electrons. The van der Waals surface area contributed by atoms with Gasteiger partial charge in [0.2, 0.25) is 0 Å². The normalized spacial score (nSPS) is 19.2. The SMILES string of the molecule is CC1=C(C(=O)OC2CCCC2)C(c2cccc(OCc3ccccc3)c2)NC(=O)N1. The average molecular weight is 406 g/mol. The number of hydrogen-bond acceptors (Lipinski definition) is 4. The van der Waals surface area contributed by atoms with Crippen LogP contribution in [0.1, 0.15) is 49.8 Å². The summed E-state index contributed by atoms with van der Waals surface area (Å²) >= 11 is 0. The number of rotatable bonds is 6. The highest BCUT2D eigenvalue weighted by molar-refractivity contribution is 5.95. The lowest BCUT2D eigenvalue weighted by Crippen LogP contribution is -2.45. The third kappa shape index (κ3) is 4.64. The third-order valence-electron chi connectivity index (χ3n) is 5.50. The smallest absolute Gasteiger partial charge is 0.338 e. The standard InChI is InChI=1S/C24H26N2O4/c1-16-21(23(27)30-19-11-5-6-12-19)22(26-24(28)25-16)18-10-7-13-20(14-18)29-15-17-8-3-2-4-9-17/h2-4,7-10,13-14,19,22H,5-6,11-12,15H2,1H3,(H2,25,26,28). The first-order valence-corrected chi connectivity index (χ1v) is 10.4. The number of nitrogens with one attached hydrogen (secondary N) is 2. The molecule has 2 amide bonds. The zero-order valence-electron chi connectivity index (χ0n) is 17.0. The highest BCUT2D eigenvalue weighted by Crippen LogP contribution is 2.31. The summed E-state index contributed by atoms with van der Waals surface area (Å²) in [6, 6.07) is 16.4. The Bertz CT molecular complexity index is 949. The number of carbonyl (C=O) groups excluding carboxylic acids is 2. The zero-order chi connectivity index (χ0) is 20.9. The summed E-state index contributed by atoms with van der Waals surface area (Å²) in [5.41, 5.74) is 2.78. The summed E-state index contributed by atoms with van der Waals surface area (Å²) in [6.45, 7) is 2.17. The predicted molar refractivity (Wildman–Crippen MR) is 113 cm³/mol. The monoisotopic (exact) mass is 406 g/mol. The van der Waals surface area contributed by atoms with Gasteiger partial charge in [0, 0.05) is 5.70 Å². The van der Waals surface area contributed by atoms with E-state index in [2.05, 4.69) is 10.6 Å². The van der Waals surface area contributed by atoms with Crippen molar-refractivity contribution in [3.63, 3.8) is 0 Å². The topological polar surface area (TPSA) is 76.7 Å². The Morgan fingerprint density at radius 1 is 1.07 bits per heavy atom. The molecule has 0 saturated heterocycles. The lowest BCUT2D eigenvalue weighted by molar-refractivity contribution is -0.144. The van der Waals surface area contributed by atoms with Crippen LogP contribution < -0.4 is 15.4 Å². The van der Waals surface area contributed by atoms with E-state index in [0.29, 0.717) is 23.6 Å². The van der Waals surface area contributed by atoms with E-state index in [1.807, 2.05) is 54.6 Å². The number of hydrogen-bond donors (Lipinski definition) is 2. The molecular formula is C24H26N2O4. The van der Waals surface area contributed by atoms with Crippen molar-refractivity contribution in [3.05, 3.63) is 77.0 Å². The number of carbonyl (C=O) groups is 2. The minimum Gasteiger partial charge on any atom is -0.489 e.